The Bertz CT molecular complexity index is 782. The molecular weight excluding hydrogens is 328 g/mol. The Morgan fingerprint density at radius 2 is 1.69 bits per heavy atom. The normalized spacial score (nSPS) is 14.2. The highest BCUT2D eigenvalue weighted by Crippen LogP contribution is 2.18. The topological polar surface area (TPSA) is 58.6 Å². The molecule has 0 atom stereocenters. The van der Waals surface area contributed by atoms with E-state index in [9.17, 15) is 9.59 Å². The van der Waals surface area contributed by atoms with Crippen molar-refractivity contribution in [1.29, 1.82) is 0 Å². The highest BCUT2D eigenvalue weighted by molar-refractivity contribution is 6.10. The fourth-order valence-corrected chi connectivity index (χ4v) is 3.21. The van der Waals surface area contributed by atoms with Crippen molar-refractivity contribution in [1.82, 2.24) is 4.90 Å². The summed E-state index contributed by atoms with van der Waals surface area (Å²) in [7, 11) is 1.60. The fraction of sp³-hybridized carbons (Fsp3) is 0.333. The summed E-state index contributed by atoms with van der Waals surface area (Å²) in [5.41, 5.74) is 1.79. The lowest BCUT2D eigenvalue weighted by Crippen LogP contribution is -2.28. The number of ether oxygens (including phenoxy) is 1. The van der Waals surface area contributed by atoms with Crippen LogP contribution in [-0.2, 0) is 0 Å². The number of anilines is 1. The molecule has 5 nitrogen and oxygen atoms in total. The number of ketones is 2. The smallest absolute Gasteiger partial charge is 0.182 e. The molecule has 0 bridgehead atoms. The number of methoxy groups -OCH3 is 1. The van der Waals surface area contributed by atoms with Crippen LogP contribution >= 0.6 is 0 Å². The SMILES string of the molecule is COc1cccc(NCC(=O)c2ccccc2C(=O)CN2CCCC2)c1. The molecule has 136 valence electrons. The molecule has 1 fully saturated rings. The van der Waals surface area contributed by atoms with Gasteiger partial charge in [-0.1, -0.05) is 30.3 Å². The van der Waals surface area contributed by atoms with E-state index in [0.717, 1.165) is 37.4 Å². The molecule has 1 aliphatic heterocycles. The number of hydrogen-bond acceptors (Lipinski definition) is 5. The Balaban J connectivity index is 1.67. The standard InChI is InChI=1S/C21H24N2O3/c1-26-17-8-6-7-16(13-17)22-14-20(24)18-9-2-3-10-19(18)21(25)15-23-11-4-5-12-23/h2-3,6-10,13,22H,4-5,11-12,14-15H2,1H3. The summed E-state index contributed by atoms with van der Waals surface area (Å²) in [6.07, 6.45) is 2.27. The maximum absolute atomic E-state index is 12.7. The number of nitrogens with zero attached hydrogens (tertiary/aromatic N) is 1. The molecule has 5 heteroatoms. The van der Waals surface area contributed by atoms with Crippen molar-refractivity contribution in [3.8, 4) is 5.75 Å². The van der Waals surface area contributed by atoms with Gasteiger partial charge in [0.1, 0.15) is 5.75 Å². The Kier molecular flexibility index (Phi) is 6.02. The van der Waals surface area contributed by atoms with Crippen molar-refractivity contribution in [3.63, 3.8) is 0 Å². The van der Waals surface area contributed by atoms with Crippen LogP contribution in [0.2, 0.25) is 0 Å². The largest absolute Gasteiger partial charge is 0.497 e. The van der Waals surface area contributed by atoms with Crippen LogP contribution in [0, 0.1) is 0 Å². The van der Waals surface area contributed by atoms with E-state index in [-0.39, 0.29) is 18.1 Å². The maximum Gasteiger partial charge on any atom is 0.182 e. The quantitative estimate of drug-likeness (QED) is 0.739. The first kappa shape index (κ1) is 18.1. The lowest BCUT2D eigenvalue weighted by atomic mass is 9.99. The van der Waals surface area contributed by atoms with Gasteiger partial charge in [0.2, 0.25) is 0 Å². The molecular formula is C21H24N2O3. The van der Waals surface area contributed by atoms with Gasteiger partial charge in [-0.3, -0.25) is 14.5 Å². The Hall–Kier alpha value is -2.66. The van der Waals surface area contributed by atoms with E-state index < -0.39 is 0 Å². The molecule has 3 rings (SSSR count). The van der Waals surface area contributed by atoms with Gasteiger partial charge in [0, 0.05) is 22.9 Å². The molecule has 0 saturated carbocycles. The molecule has 0 aromatic heterocycles. The van der Waals surface area contributed by atoms with Crippen LogP contribution in [0.15, 0.2) is 48.5 Å². The third-order valence-corrected chi connectivity index (χ3v) is 4.62. The third kappa shape index (κ3) is 4.49. The van der Waals surface area contributed by atoms with Crippen molar-refractivity contribution >= 4 is 17.3 Å². The molecule has 1 saturated heterocycles. The molecule has 2 aromatic carbocycles. The highest BCUT2D eigenvalue weighted by atomic mass is 16.5. The van der Waals surface area contributed by atoms with Gasteiger partial charge in [0.25, 0.3) is 0 Å². The van der Waals surface area contributed by atoms with E-state index in [2.05, 4.69) is 10.2 Å². The van der Waals surface area contributed by atoms with Gasteiger partial charge >= 0.3 is 0 Å². The van der Waals surface area contributed by atoms with Crippen LogP contribution in [0.25, 0.3) is 0 Å². The van der Waals surface area contributed by atoms with Crippen molar-refractivity contribution in [2.24, 2.45) is 0 Å². The summed E-state index contributed by atoms with van der Waals surface area (Å²) in [6.45, 7) is 2.42. The molecule has 1 N–H and O–H groups in total. The first-order valence-electron chi connectivity index (χ1n) is 8.93. The molecule has 1 heterocycles. The Labute approximate surface area is 154 Å². The van der Waals surface area contributed by atoms with Gasteiger partial charge in [-0.2, -0.15) is 0 Å². The summed E-state index contributed by atoms with van der Waals surface area (Å²) in [5, 5.41) is 3.11. The zero-order chi connectivity index (χ0) is 18.4. The van der Waals surface area contributed by atoms with Crippen molar-refractivity contribution < 1.29 is 14.3 Å². The molecule has 2 aromatic rings. The average molecular weight is 352 g/mol. The van der Waals surface area contributed by atoms with Gasteiger partial charge in [-0.05, 0) is 38.1 Å². The second kappa shape index (κ2) is 8.63. The predicted octanol–water partition coefficient (Wildman–Crippen LogP) is 3.27. The number of rotatable bonds is 8. The molecule has 0 spiro atoms. The minimum atomic E-state index is -0.0989. The van der Waals surface area contributed by atoms with Crippen LogP contribution in [0.5, 0.6) is 5.75 Å². The summed E-state index contributed by atoms with van der Waals surface area (Å²) in [4.78, 5) is 27.5. The van der Waals surface area contributed by atoms with Gasteiger partial charge in [-0.15, -0.1) is 0 Å². The number of carbonyl (C=O) groups is 2. The summed E-state index contributed by atoms with van der Waals surface area (Å²) < 4.78 is 5.19. The molecule has 0 amide bonds. The van der Waals surface area contributed by atoms with Gasteiger partial charge in [0.15, 0.2) is 11.6 Å². The zero-order valence-corrected chi connectivity index (χ0v) is 15.0. The Morgan fingerprint density at radius 1 is 1.00 bits per heavy atom. The monoisotopic (exact) mass is 352 g/mol. The van der Waals surface area contributed by atoms with Crippen molar-refractivity contribution in [3.05, 3.63) is 59.7 Å². The molecule has 0 radical (unpaired) electrons. The first-order valence-corrected chi connectivity index (χ1v) is 8.93. The summed E-state index contributed by atoms with van der Waals surface area (Å²) in [5.74, 6) is 0.638. The zero-order valence-electron chi connectivity index (χ0n) is 15.0. The summed E-state index contributed by atoms with van der Waals surface area (Å²) >= 11 is 0. The number of benzene rings is 2. The predicted molar refractivity (Wildman–Crippen MR) is 102 cm³/mol. The lowest BCUT2D eigenvalue weighted by molar-refractivity contribution is 0.0931. The van der Waals surface area contributed by atoms with E-state index in [1.54, 1.807) is 25.3 Å². The van der Waals surface area contributed by atoms with E-state index in [1.807, 2.05) is 30.3 Å². The summed E-state index contributed by atoms with van der Waals surface area (Å²) in [6, 6.07) is 14.5. The number of carbonyl (C=O) groups excluding carboxylic acids is 2. The van der Waals surface area contributed by atoms with Gasteiger partial charge in [0.05, 0.1) is 20.2 Å². The third-order valence-electron chi connectivity index (χ3n) is 4.62. The molecule has 0 unspecified atom stereocenters. The lowest BCUT2D eigenvalue weighted by Gasteiger charge is -2.15. The minimum absolute atomic E-state index is 0.0113. The number of hydrogen-bond donors (Lipinski definition) is 1. The van der Waals surface area contributed by atoms with E-state index in [1.165, 1.54) is 0 Å². The van der Waals surface area contributed by atoms with Crippen molar-refractivity contribution in [2.75, 3.05) is 38.6 Å². The van der Waals surface area contributed by atoms with Crippen LogP contribution in [0.3, 0.4) is 0 Å². The van der Waals surface area contributed by atoms with E-state index in [4.69, 9.17) is 4.74 Å². The fourth-order valence-electron chi connectivity index (χ4n) is 3.21. The molecule has 0 aliphatic carbocycles. The van der Waals surface area contributed by atoms with E-state index in [0.29, 0.717) is 17.7 Å². The van der Waals surface area contributed by atoms with Gasteiger partial charge < -0.3 is 10.1 Å². The first-order chi connectivity index (χ1) is 12.7. The van der Waals surface area contributed by atoms with Crippen molar-refractivity contribution in [2.45, 2.75) is 12.8 Å². The van der Waals surface area contributed by atoms with Crippen LogP contribution in [0.4, 0.5) is 5.69 Å². The number of likely N-dealkylation sites (tertiary alicyclic amines) is 1. The second-order valence-corrected chi connectivity index (χ2v) is 6.46. The minimum Gasteiger partial charge on any atom is -0.497 e. The molecule has 26 heavy (non-hydrogen) atoms. The second-order valence-electron chi connectivity index (χ2n) is 6.46. The maximum atomic E-state index is 12.7. The number of Topliss-reactive ketones (excluding diaryl/α,β-unsaturated/α-hetero) is 2. The molecule has 1 aliphatic rings. The average Bonchev–Trinajstić information content (AvgIpc) is 3.19. The van der Waals surface area contributed by atoms with Crippen LogP contribution < -0.4 is 10.1 Å². The van der Waals surface area contributed by atoms with E-state index >= 15 is 0 Å². The highest BCUT2D eigenvalue weighted by Gasteiger charge is 2.20. The Morgan fingerprint density at radius 3 is 2.38 bits per heavy atom. The van der Waals surface area contributed by atoms with Crippen LogP contribution in [0.1, 0.15) is 33.6 Å². The van der Waals surface area contributed by atoms with Crippen LogP contribution in [-0.4, -0.2) is 49.8 Å². The van der Waals surface area contributed by atoms with Gasteiger partial charge in [-0.25, -0.2) is 0 Å². The number of nitrogens with one attached hydrogen (secondary N) is 1.